The van der Waals surface area contributed by atoms with Gasteiger partial charge in [0, 0.05) is 27.5 Å². The van der Waals surface area contributed by atoms with Gasteiger partial charge >= 0.3 is 0 Å². The lowest BCUT2D eigenvalue weighted by molar-refractivity contribution is -0.114. The molecule has 9 heteroatoms. The number of hydrogen-bond donors (Lipinski definition) is 3. The zero-order valence-electron chi connectivity index (χ0n) is 18.7. The summed E-state index contributed by atoms with van der Waals surface area (Å²) < 4.78 is 13.1. The molecule has 2 amide bonds. The standard InChI is InChI=1S/C26H21FN4O2S2/c1-16-23(25(33)31-18-6-3-2-4-7-18)24(21-8-5-13-34-21)20(14-28)26(29-16)35-15-22(32)30-19-11-9-17(27)10-12-19/h2-13,24,29H,15H2,1H3,(H,30,32)(H,31,33)/t24-/m1/s1. The number of benzene rings is 2. The van der Waals surface area contributed by atoms with Gasteiger partial charge in [0.25, 0.3) is 5.91 Å². The molecule has 3 aromatic rings. The molecule has 0 spiro atoms. The average molecular weight is 505 g/mol. The van der Waals surface area contributed by atoms with Crippen LogP contribution in [0.15, 0.2) is 94.0 Å². The highest BCUT2D eigenvalue weighted by Crippen LogP contribution is 2.42. The highest BCUT2D eigenvalue weighted by molar-refractivity contribution is 8.03. The molecule has 0 bridgehead atoms. The highest BCUT2D eigenvalue weighted by Gasteiger charge is 2.35. The summed E-state index contributed by atoms with van der Waals surface area (Å²) in [6.45, 7) is 1.79. The van der Waals surface area contributed by atoms with E-state index in [1.165, 1.54) is 47.4 Å². The number of nitrogens with zero attached hydrogens (tertiary/aromatic N) is 1. The van der Waals surface area contributed by atoms with Crippen LogP contribution in [0.2, 0.25) is 0 Å². The number of dihydropyridines is 1. The molecule has 3 N–H and O–H groups in total. The fourth-order valence-corrected chi connectivity index (χ4v) is 5.39. The molecule has 176 valence electrons. The second kappa shape index (κ2) is 11.0. The van der Waals surface area contributed by atoms with Crippen molar-refractivity contribution in [2.45, 2.75) is 12.8 Å². The van der Waals surface area contributed by atoms with Gasteiger partial charge in [-0.15, -0.1) is 11.3 Å². The first-order chi connectivity index (χ1) is 17.0. The molecule has 1 aliphatic heterocycles. The van der Waals surface area contributed by atoms with Crippen molar-refractivity contribution in [2.75, 3.05) is 16.4 Å². The topological polar surface area (TPSA) is 94.0 Å². The second-order valence-electron chi connectivity index (χ2n) is 7.63. The highest BCUT2D eigenvalue weighted by atomic mass is 32.2. The minimum Gasteiger partial charge on any atom is -0.353 e. The van der Waals surface area contributed by atoms with Gasteiger partial charge in [0.05, 0.1) is 28.3 Å². The van der Waals surface area contributed by atoms with Crippen LogP contribution in [0.1, 0.15) is 17.7 Å². The van der Waals surface area contributed by atoms with Crippen LogP contribution >= 0.6 is 23.1 Å². The third-order valence-electron chi connectivity index (χ3n) is 5.23. The molecule has 0 aliphatic carbocycles. The molecule has 35 heavy (non-hydrogen) atoms. The third-order valence-corrected chi connectivity index (χ3v) is 7.18. The van der Waals surface area contributed by atoms with Gasteiger partial charge in [0.1, 0.15) is 5.82 Å². The van der Waals surface area contributed by atoms with E-state index in [0.717, 1.165) is 4.88 Å². The van der Waals surface area contributed by atoms with E-state index >= 15 is 0 Å². The Morgan fingerprint density at radius 3 is 2.43 bits per heavy atom. The number of thioether (sulfide) groups is 1. The molecule has 0 fully saturated rings. The Morgan fingerprint density at radius 2 is 1.77 bits per heavy atom. The minimum atomic E-state index is -0.562. The number of allylic oxidation sites excluding steroid dienone is 2. The summed E-state index contributed by atoms with van der Waals surface area (Å²) in [4.78, 5) is 26.6. The number of carbonyl (C=O) groups is 2. The summed E-state index contributed by atoms with van der Waals surface area (Å²) in [6.07, 6.45) is 0. The fraction of sp³-hybridized carbons (Fsp3) is 0.115. The van der Waals surface area contributed by atoms with Crippen molar-refractivity contribution in [3.8, 4) is 6.07 Å². The first kappa shape index (κ1) is 24.3. The van der Waals surface area contributed by atoms with E-state index in [0.29, 0.717) is 33.2 Å². The lowest BCUT2D eigenvalue weighted by Gasteiger charge is -2.29. The predicted octanol–water partition coefficient (Wildman–Crippen LogP) is 5.59. The number of para-hydroxylation sites is 1. The van der Waals surface area contributed by atoms with Crippen LogP contribution < -0.4 is 16.0 Å². The summed E-state index contributed by atoms with van der Waals surface area (Å²) in [5, 5.41) is 21.3. The van der Waals surface area contributed by atoms with Crippen molar-refractivity contribution in [3.05, 3.63) is 105 Å². The number of carbonyl (C=O) groups excluding carboxylic acids is 2. The Kier molecular flexibility index (Phi) is 7.65. The molecule has 0 saturated heterocycles. The molecule has 1 aromatic heterocycles. The van der Waals surface area contributed by atoms with E-state index in [-0.39, 0.29) is 23.4 Å². The lowest BCUT2D eigenvalue weighted by atomic mass is 9.86. The molecule has 1 aliphatic rings. The number of amides is 2. The Hall–Kier alpha value is -3.87. The quantitative estimate of drug-likeness (QED) is 0.390. The number of hydrogen-bond acceptors (Lipinski definition) is 6. The van der Waals surface area contributed by atoms with E-state index in [1.54, 1.807) is 19.1 Å². The first-order valence-corrected chi connectivity index (χ1v) is 12.5. The Bertz CT molecular complexity index is 1330. The van der Waals surface area contributed by atoms with Gasteiger partial charge in [0.15, 0.2) is 0 Å². The smallest absolute Gasteiger partial charge is 0.254 e. The molecular formula is C26H21FN4O2S2. The van der Waals surface area contributed by atoms with E-state index < -0.39 is 5.92 Å². The summed E-state index contributed by atoms with van der Waals surface area (Å²) in [7, 11) is 0. The van der Waals surface area contributed by atoms with E-state index in [4.69, 9.17) is 0 Å². The van der Waals surface area contributed by atoms with E-state index in [9.17, 15) is 19.2 Å². The van der Waals surface area contributed by atoms with Gasteiger partial charge < -0.3 is 16.0 Å². The van der Waals surface area contributed by atoms with Crippen LogP contribution in [0.3, 0.4) is 0 Å². The zero-order valence-corrected chi connectivity index (χ0v) is 20.3. The molecule has 0 unspecified atom stereocenters. The van der Waals surface area contributed by atoms with Crippen molar-refractivity contribution in [3.63, 3.8) is 0 Å². The van der Waals surface area contributed by atoms with Crippen molar-refractivity contribution in [1.29, 1.82) is 5.26 Å². The number of nitriles is 1. The lowest BCUT2D eigenvalue weighted by Crippen LogP contribution is -2.30. The average Bonchev–Trinajstić information content (AvgIpc) is 3.39. The maximum Gasteiger partial charge on any atom is 0.254 e. The molecular weight excluding hydrogens is 483 g/mol. The Morgan fingerprint density at radius 1 is 1.06 bits per heavy atom. The minimum absolute atomic E-state index is 0.0286. The van der Waals surface area contributed by atoms with Gasteiger partial charge in [-0.25, -0.2) is 4.39 Å². The largest absolute Gasteiger partial charge is 0.353 e. The fourth-order valence-electron chi connectivity index (χ4n) is 3.66. The summed E-state index contributed by atoms with van der Waals surface area (Å²) in [5.74, 6) is -1.52. The summed E-state index contributed by atoms with van der Waals surface area (Å²) >= 11 is 2.64. The molecule has 2 aromatic carbocycles. The maximum atomic E-state index is 13.3. The number of nitrogens with one attached hydrogen (secondary N) is 3. The Balaban J connectivity index is 1.57. The Labute approximate surface area is 210 Å². The van der Waals surface area contributed by atoms with Crippen LogP contribution in [-0.2, 0) is 9.59 Å². The van der Waals surface area contributed by atoms with E-state index in [1.807, 2.05) is 35.7 Å². The second-order valence-corrected chi connectivity index (χ2v) is 9.60. The molecule has 4 rings (SSSR count). The molecule has 1 atom stereocenters. The van der Waals surface area contributed by atoms with Crippen LogP contribution in [0.4, 0.5) is 15.8 Å². The summed E-state index contributed by atoms with van der Waals surface area (Å²) in [5.41, 5.74) is 2.57. The normalized spacial score (nSPS) is 15.3. The van der Waals surface area contributed by atoms with Crippen molar-refractivity contribution < 1.29 is 14.0 Å². The van der Waals surface area contributed by atoms with Gasteiger partial charge in [-0.2, -0.15) is 5.26 Å². The van der Waals surface area contributed by atoms with Crippen molar-refractivity contribution in [1.82, 2.24) is 5.32 Å². The van der Waals surface area contributed by atoms with Gasteiger partial charge in [0.2, 0.25) is 5.91 Å². The number of thiophene rings is 1. The van der Waals surface area contributed by atoms with Crippen LogP contribution in [0, 0.1) is 17.1 Å². The molecule has 6 nitrogen and oxygen atoms in total. The van der Waals surface area contributed by atoms with Crippen LogP contribution in [0.5, 0.6) is 0 Å². The summed E-state index contributed by atoms with van der Waals surface area (Å²) in [6, 6.07) is 20.6. The molecule has 0 saturated carbocycles. The SMILES string of the molecule is CC1=C(C(=O)Nc2ccccc2)[C@@H](c2cccs2)C(C#N)=C(SCC(=O)Nc2ccc(F)cc2)N1. The number of halogens is 1. The van der Waals surface area contributed by atoms with Gasteiger partial charge in [-0.1, -0.05) is 36.0 Å². The molecule has 0 radical (unpaired) electrons. The predicted molar refractivity (Wildman–Crippen MR) is 138 cm³/mol. The monoisotopic (exact) mass is 504 g/mol. The third kappa shape index (κ3) is 5.80. The van der Waals surface area contributed by atoms with Gasteiger partial charge in [-0.05, 0) is 54.8 Å². The van der Waals surface area contributed by atoms with Crippen LogP contribution in [0.25, 0.3) is 0 Å². The van der Waals surface area contributed by atoms with E-state index in [2.05, 4.69) is 22.0 Å². The van der Waals surface area contributed by atoms with Gasteiger partial charge in [-0.3, -0.25) is 9.59 Å². The zero-order chi connectivity index (χ0) is 24.8. The van der Waals surface area contributed by atoms with Crippen LogP contribution in [-0.4, -0.2) is 17.6 Å². The maximum absolute atomic E-state index is 13.3. The molecule has 2 heterocycles. The van der Waals surface area contributed by atoms with Crippen molar-refractivity contribution >= 4 is 46.3 Å². The number of anilines is 2. The first-order valence-electron chi connectivity index (χ1n) is 10.7. The van der Waals surface area contributed by atoms with Crippen molar-refractivity contribution in [2.24, 2.45) is 0 Å². The number of rotatable bonds is 7.